The number of hydrogen-bond acceptors (Lipinski definition) is 30. The van der Waals surface area contributed by atoms with Crippen LogP contribution in [0.15, 0.2) is 42.9 Å². The van der Waals surface area contributed by atoms with Crippen LogP contribution in [0.25, 0.3) is 0 Å². The number of aromatic amines is 1. The molecule has 0 saturated carbocycles. The van der Waals surface area contributed by atoms with Crippen molar-refractivity contribution in [1.82, 2.24) is 106 Å². The lowest BCUT2D eigenvalue weighted by atomic mass is 10.0. The summed E-state index contributed by atoms with van der Waals surface area (Å²) < 4.78 is 0. The number of guanidine groups is 2. The number of primary amides is 1. The summed E-state index contributed by atoms with van der Waals surface area (Å²) in [6, 6.07) is -21.3. The minimum atomic E-state index is -2.13. The number of carbonyl (C=O) groups excluding carboxylic acids is 17. The fourth-order valence-electron chi connectivity index (χ4n) is 12.1. The summed E-state index contributed by atoms with van der Waals surface area (Å²) >= 11 is 0. The monoisotopic (exact) mass is 1880 g/mol. The van der Waals surface area contributed by atoms with Gasteiger partial charge in [0.15, 0.2) is 11.9 Å². The maximum atomic E-state index is 14.5. The van der Waals surface area contributed by atoms with Gasteiger partial charge in [-0.05, 0) is 83.1 Å². The van der Waals surface area contributed by atoms with Crippen molar-refractivity contribution in [2.24, 2.45) is 34.8 Å². The third kappa shape index (κ3) is 43.0. The number of aliphatic hydroxyl groups is 6. The lowest BCUT2D eigenvalue weighted by molar-refractivity contribution is -0.142. The number of carboxylic acid groups (broad SMARTS) is 3. The molecule has 1 aromatic heterocycles. The van der Waals surface area contributed by atoms with E-state index in [-0.39, 0.29) is 58.0 Å². The number of nitrogens with one attached hydrogen (secondary N) is 21. The lowest BCUT2D eigenvalue weighted by Gasteiger charge is -2.29. The average Bonchev–Trinajstić information content (AvgIpc) is 0.883. The van der Waals surface area contributed by atoms with E-state index < -0.39 is 316 Å². The highest BCUT2D eigenvalue weighted by molar-refractivity contribution is 6.02. The van der Waals surface area contributed by atoms with Crippen LogP contribution < -0.4 is 119 Å². The summed E-state index contributed by atoms with van der Waals surface area (Å²) in [4.78, 5) is 276. The zero-order chi connectivity index (χ0) is 99.9. The molecule has 0 unspecified atom stereocenters. The number of aliphatic hydroxyl groups excluding tert-OH is 6. The number of carboxylic acids is 3. The Balaban J connectivity index is 2.46. The van der Waals surface area contributed by atoms with E-state index in [9.17, 15) is 142 Å². The molecule has 55 nitrogen and oxygen atoms in total. The topological polar surface area (TPSA) is 920 Å². The Hall–Kier alpha value is -13.9. The number of hydrogen-bond donors (Lipinski definition) is 34. The van der Waals surface area contributed by atoms with Gasteiger partial charge in [0, 0.05) is 38.5 Å². The summed E-state index contributed by atoms with van der Waals surface area (Å²) in [6.07, 6.45) is -6.80. The van der Waals surface area contributed by atoms with Gasteiger partial charge >= 0.3 is 17.9 Å². The summed E-state index contributed by atoms with van der Waals surface area (Å²) in [5.74, 6) is -27.7. The molecule has 2 rings (SSSR count). The zero-order valence-electron chi connectivity index (χ0n) is 73.5. The number of rotatable bonds is 62. The van der Waals surface area contributed by atoms with Crippen LogP contribution in [0.4, 0.5) is 0 Å². The molecule has 0 aliphatic heterocycles. The number of nitrogens with zero attached hydrogens (tertiary/aromatic N) is 1. The first-order valence-electron chi connectivity index (χ1n) is 41.5. The van der Waals surface area contributed by atoms with Crippen LogP contribution in [0.3, 0.4) is 0 Å². The van der Waals surface area contributed by atoms with E-state index >= 15 is 0 Å². The predicted molar refractivity (Wildman–Crippen MR) is 458 cm³/mol. The van der Waals surface area contributed by atoms with Crippen molar-refractivity contribution in [3.63, 3.8) is 0 Å². The molecule has 0 spiro atoms. The maximum Gasteiger partial charge on any atom is 0.305 e. The van der Waals surface area contributed by atoms with Gasteiger partial charge in [0.2, 0.25) is 100 Å². The molecule has 0 aliphatic carbocycles. The van der Waals surface area contributed by atoms with E-state index in [1.807, 2.05) is 0 Å². The number of nitrogens with two attached hydrogens (primary N) is 4. The fraction of sp³-hybridized carbons (Fsp3) is 0.597. The van der Waals surface area contributed by atoms with E-state index in [1.165, 1.54) is 43.7 Å². The van der Waals surface area contributed by atoms with E-state index in [0.29, 0.717) is 11.3 Å². The predicted octanol–water partition coefficient (Wildman–Crippen LogP) is -14.4. The van der Waals surface area contributed by atoms with Gasteiger partial charge < -0.3 is 170 Å². The lowest BCUT2D eigenvalue weighted by Crippen LogP contribution is -2.63. The van der Waals surface area contributed by atoms with E-state index in [1.54, 1.807) is 33.8 Å². The first-order valence-corrected chi connectivity index (χ1v) is 41.5. The Kier molecular flexibility index (Phi) is 50.7. The molecule has 2 aromatic rings. The maximum absolute atomic E-state index is 14.5. The smallest absolute Gasteiger partial charge is 0.305 e. The van der Waals surface area contributed by atoms with E-state index in [2.05, 4.69) is 106 Å². The largest absolute Gasteiger partial charge is 0.481 e. The Morgan fingerprint density at radius 2 is 0.727 bits per heavy atom. The first kappa shape index (κ1) is 114. The van der Waals surface area contributed by atoms with Gasteiger partial charge in [-0.25, -0.2) is 4.98 Å². The van der Waals surface area contributed by atoms with E-state index in [0.717, 1.165) is 13.8 Å². The highest BCUT2D eigenvalue weighted by atomic mass is 16.4. The summed E-state index contributed by atoms with van der Waals surface area (Å²) in [5, 5.41) is 148. The van der Waals surface area contributed by atoms with Crippen LogP contribution in [0.5, 0.6) is 0 Å². The van der Waals surface area contributed by atoms with Crippen molar-refractivity contribution in [1.29, 1.82) is 10.8 Å². The molecule has 38 N–H and O–H groups in total. The average molecular weight is 1880 g/mol. The first-order chi connectivity index (χ1) is 61.9. The molecule has 0 saturated heterocycles. The van der Waals surface area contributed by atoms with Crippen LogP contribution >= 0.6 is 0 Å². The van der Waals surface area contributed by atoms with Gasteiger partial charge in [-0.3, -0.25) is 107 Å². The second-order valence-corrected chi connectivity index (χ2v) is 31.2. The van der Waals surface area contributed by atoms with Gasteiger partial charge in [-0.1, -0.05) is 58.0 Å². The number of imidazole rings is 1. The normalized spacial score (nSPS) is 15.2. The van der Waals surface area contributed by atoms with Crippen molar-refractivity contribution in [3.8, 4) is 0 Å². The van der Waals surface area contributed by atoms with Crippen molar-refractivity contribution < 1.29 is 142 Å². The molecule has 0 aliphatic rings. The van der Waals surface area contributed by atoms with Gasteiger partial charge in [-0.2, -0.15) is 0 Å². The number of H-pyrrole nitrogens is 1. The van der Waals surface area contributed by atoms with Crippen LogP contribution in [-0.4, -0.2) is 341 Å². The summed E-state index contributed by atoms with van der Waals surface area (Å²) in [6.45, 7) is 3.55. The number of aromatic nitrogens is 2. The molecular weight excluding hydrogens is 1750 g/mol. The van der Waals surface area contributed by atoms with Crippen LogP contribution in [0, 0.1) is 22.7 Å². The van der Waals surface area contributed by atoms with Crippen LogP contribution in [0.1, 0.15) is 124 Å². The second kappa shape index (κ2) is 58.6. The highest BCUT2D eigenvalue weighted by Gasteiger charge is 2.41. The molecule has 0 fully saturated rings. The number of carbonyl (C=O) groups is 20. The van der Waals surface area contributed by atoms with Crippen LogP contribution in [-0.2, 0) is 109 Å². The zero-order valence-corrected chi connectivity index (χ0v) is 73.5. The molecule has 0 radical (unpaired) electrons. The molecular formula is C77H124N26O29. The van der Waals surface area contributed by atoms with Gasteiger partial charge in [0.25, 0.3) is 0 Å². The summed E-state index contributed by atoms with van der Waals surface area (Å²) in [7, 11) is 0. The second-order valence-electron chi connectivity index (χ2n) is 31.2. The van der Waals surface area contributed by atoms with Crippen molar-refractivity contribution >= 4 is 130 Å². The van der Waals surface area contributed by atoms with Crippen LogP contribution in [0.2, 0.25) is 0 Å². The quantitative estimate of drug-likeness (QED) is 0.0166. The Bertz CT molecular complexity index is 4280. The van der Waals surface area contributed by atoms with Crippen molar-refractivity contribution in [2.75, 3.05) is 46.1 Å². The van der Waals surface area contributed by atoms with Crippen molar-refractivity contribution in [3.05, 3.63) is 54.1 Å². The van der Waals surface area contributed by atoms with Crippen molar-refractivity contribution in [2.45, 2.75) is 234 Å². The van der Waals surface area contributed by atoms with Gasteiger partial charge in [0.05, 0.1) is 76.1 Å². The number of amides is 17. The third-order valence-corrected chi connectivity index (χ3v) is 19.1. The van der Waals surface area contributed by atoms with Gasteiger partial charge in [-0.15, -0.1) is 0 Å². The SMILES string of the molecule is CC(C)C[C@H](NC(=O)[C@H](CCCNC(=N)N)NC(=O)[C@H](CO)NC(=O)[C@H](CC(C)C)NC(=O)[C@H](CCC(=O)O)NC(=O)[C@H](CO)NC(=O)[C@@H](NC(=O)[C@H](Cc1ccccc1)NC(=O)[C@@H](NC(=O)CNC(=O)[C@H](CC(=O)O)NC(=O)[C@H](CO)NC(=O)[C@@H](N)Cc1c[nH]cn1)[C@@H](C)O)[C@@H](C)O)C(=O)N[C@@H](CCCNC(=N)N)C(=O)N[C@@H](CC(=O)O)C(=O)N[C@@H](CO)C(=O)N[C@@H](C)C(N)=O. The van der Waals surface area contributed by atoms with E-state index in [4.69, 9.17) is 33.8 Å². The molecule has 0 bridgehead atoms. The Labute approximate surface area is 755 Å². The molecule has 55 heteroatoms. The fourth-order valence-corrected chi connectivity index (χ4v) is 12.1. The standard InChI is InChI=1S/C77H124N26O29/c1-34(2)21-45(66(123)90-42(15-11-19-85-76(80)81)64(121)96-49(26-57(115)116)68(125)99-50(29-104)70(127)89-36(5)60(79)117)93-63(120)43(16-12-20-86-77(82)83)91-71(128)52(31-106)100-67(124)46(22-35(3)4)94-65(122)44(17-18-55(111)112)92-72(129)53(32-107)101-75(132)59(38(7)109)103-69(126)47(23-39-13-9-8-10-14-39)97-74(131)58(37(6)108)102-54(110)28-87-62(119)48(25-56(113)114)95-73(130)51(30-105)98-61(118)41(78)24-40-27-84-33-88-40/h8-10,13-14,27,33-38,41-53,58-59,104-109H,11-12,15-26,28-32,78H2,1-7H3,(H2,79,117)(H,84,88)(H,87,119)(H,89,127)(H,90,123)(H,91,128)(H,92,129)(H,93,120)(H,94,122)(H,95,130)(H,96,121)(H,97,131)(H,98,118)(H,99,125)(H,100,124)(H,101,132)(H,102,110)(H,103,126)(H,111,112)(H,113,114)(H,115,116)(H4,80,81,85)(H4,82,83,86)/t36-,37+,38+,41-,42-,43-,44-,45-,46-,47-,48-,49-,50-,51-,52-,53-,58-,59-/m0/s1. The number of benzene rings is 1. The molecule has 736 valence electrons. The Morgan fingerprint density at radius 3 is 1.11 bits per heavy atom. The minimum absolute atomic E-state index is 0.0683. The molecule has 18 atom stereocenters. The molecule has 1 heterocycles. The highest BCUT2D eigenvalue weighted by Crippen LogP contribution is 2.14. The molecule has 132 heavy (non-hydrogen) atoms. The van der Waals surface area contributed by atoms with Gasteiger partial charge in [0.1, 0.15) is 90.6 Å². The molecule has 1 aromatic carbocycles. The minimum Gasteiger partial charge on any atom is -0.481 e. The number of aliphatic carboxylic acids is 3. The Morgan fingerprint density at radius 1 is 0.386 bits per heavy atom. The molecule has 17 amide bonds. The summed E-state index contributed by atoms with van der Waals surface area (Å²) in [5.41, 5.74) is 22.7. The third-order valence-electron chi connectivity index (χ3n) is 19.1.